The van der Waals surface area contributed by atoms with Crippen molar-refractivity contribution >= 4 is 5.69 Å². The molecule has 98 valence electrons. The highest BCUT2D eigenvalue weighted by atomic mass is 16.3. The van der Waals surface area contributed by atoms with Crippen molar-refractivity contribution in [3.8, 4) is 23.7 Å². The Hall–Kier alpha value is -2.68. The fourth-order valence-corrected chi connectivity index (χ4v) is 1.60. The van der Waals surface area contributed by atoms with E-state index in [1.807, 2.05) is 54.6 Å². The van der Waals surface area contributed by atoms with E-state index in [1.165, 1.54) is 0 Å². The van der Waals surface area contributed by atoms with E-state index in [1.54, 1.807) is 0 Å². The van der Waals surface area contributed by atoms with E-state index >= 15 is 0 Å². The van der Waals surface area contributed by atoms with Crippen LogP contribution in [0.15, 0.2) is 54.6 Å². The first-order valence-electron chi connectivity index (χ1n) is 6.40. The maximum Gasteiger partial charge on any atom is 0.0604 e. The number of hydrogen-bond acceptors (Lipinski definition) is 2. The highest BCUT2D eigenvalue weighted by Gasteiger charge is 1.90. The zero-order valence-electron chi connectivity index (χ0n) is 11.1. The van der Waals surface area contributed by atoms with Gasteiger partial charge in [-0.3, -0.25) is 0 Å². The Bertz CT molecular complexity index is 652. The molecule has 2 rings (SSSR count). The summed E-state index contributed by atoms with van der Waals surface area (Å²) in [6.07, 6.45) is 0. The second-order valence-corrected chi connectivity index (χ2v) is 4.09. The monoisotopic (exact) mass is 261 g/mol. The summed E-state index contributed by atoms with van der Waals surface area (Å²) in [5, 5.41) is 11.8. The molecule has 0 unspecified atom stereocenters. The third-order valence-electron chi connectivity index (χ3n) is 2.58. The van der Waals surface area contributed by atoms with Gasteiger partial charge in [-0.2, -0.15) is 0 Å². The summed E-state index contributed by atoms with van der Waals surface area (Å²) in [7, 11) is 0. The molecule has 0 saturated heterocycles. The molecule has 0 amide bonds. The van der Waals surface area contributed by atoms with Gasteiger partial charge in [0.05, 0.1) is 6.61 Å². The van der Waals surface area contributed by atoms with Gasteiger partial charge in [-0.15, -0.1) is 0 Å². The van der Waals surface area contributed by atoms with Crippen molar-refractivity contribution in [1.82, 2.24) is 0 Å². The Morgan fingerprint density at radius 2 is 1.40 bits per heavy atom. The maximum absolute atomic E-state index is 8.72. The van der Waals surface area contributed by atoms with Gasteiger partial charge < -0.3 is 10.4 Å². The molecule has 0 radical (unpaired) electrons. The number of rotatable bonds is 3. The lowest BCUT2D eigenvalue weighted by atomic mass is 10.2. The van der Waals surface area contributed by atoms with Crippen LogP contribution in [0.5, 0.6) is 0 Å². The minimum Gasteiger partial charge on any atom is -0.395 e. The van der Waals surface area contributed by atoms with Crippen LogP contribution in [0.3, 0.4) is 0 Å². The molecule has 0 heterocycles. The molecule has 2 heteroatoms. The van der Waals surface area contributed by atoms with Gasteiger partial charge in [-0.05, 0) is 48.2 Å². The van der Waals surface area contributed by atoms with Crippen molar-refractivity contribution in [2.75, 3.05) is 18.5 Å². The highest BCUT2D eigenvalue weighted by molar-refractivity contribution is 5.50. The zero-order chi connectivity index (χ0) is 14.0. The molecule has 0 fully saturated rings. The average Bonchev–Trinajstić information content (AvgIpc) is 2.52. The predicted octanol–water partition coefficient (Wildman–Crippen LogP) is 2.49. The maximum atomic E-state index is 8.72. The van der Waals surface area contributed by atoms with E-state index in [4.69, 9.17) is 5.11 Å². The van der Waals surface area contributed by atoms with Gasteiger partial charge in [-0.25, -0.2) is 0 Å². The van der Waals surface area contributed by atoms with E-state index in [0.29, 0.717) is 6.54 Å². The molecule has 0 bridgehead atoms. The molecule has 2 aromatic rings. The van der Waals surface area contributed by atoms with Gasteiger partial charge >= 0.3 is 0 Å². The Labute approximate surface area is 119 Å². The average molecular weight is 261 g/mol. The Morgan fingerprint density at radius 3 is 2.00 bits per heavy atom. The lowest BCUT2D eigenvalue weighted by molar-refractivity contribution is 0.311. The summed E-state index contributed by atoms with van der Waals surface area (Å²) < 4.78 is 0. The van der Waals surface area contributed by atoms with Crippen LogP contribution in [0.4, 0.5) is 5.69 Å². The molecular weight excluding hydrogens is 246 g/mol. The third-order valence-corrected chi connectivity index (χ3v) is 2.58. The second-order valence-electron chi connectivity index (χ2n) is 4.09. The van der Waals surface area contributed by atoms with Gasteiger partial charge in [0.1, 0.15) is 0 Å². The van der Waals surface area contributed by atoms with Crippen molar-refractivity contribution in [2.45, 2.75) is 0 Å². The quantitative estimate of drug-likeness (QED) is 0.832. The Morgan fingerprint density at radius 1 is 0.800 bits per heavy atom. The van der Waals surface area contributed by atoms with Gasteiger partial charge in [0.15, 0.2) is 0 Å². The lowest BCUT2D eigenvalue weighted by Crippen LogP contribution is -2.04. The SMILES string of the molecule is OCCNc1ccc(C#CC#Cc2ccccc2)cc1. The molecule has 0 atom stereocenters. The number of aliphatic hydroxyl groups excluding tert-OH is 1. The largest absolute Gasteiger partial charge is 0.395 e. The van der Waals surface area contributed by atoms with Crippen molar-refractivity contribution in [3.63, 3.8) is 0 Å². The second kappa shape index (κ2) is 7.69. The molecule has 2 nitrogen and oxygen atoms in total. The number of anilines is 1. The number of nitrogens with one attached hydrogen (secondary N) is 1. The molecule has 20 heavy (non-hydrogen) atoms. The van der Waals surface area contributed by atoms with Crippen LogP contribution in [0.2, 0.25) is 0 Å². The Kier molecular flexibility index (Phi) is 5.28. The van der Waals surface area contributed by atoms with E-state index in [9.17, 15) is 0 Å². The first-order valence-corrected chi connectivity index (χ1v) is 6.40. The summed E-state index contributed by atoms with van der Waals surface area (Å²) >= 11 is 0. The minimum absolute atomic E-state index is 0.122. The smallest absolute Gasteiger partial charge is 0.0604 e. The topological polar surface area (TPSA) is 32.3 Å². The van der Waals surface area contributed by atoms with E-state index in [-0.39, 0.29) is 6.61 Å². The summed E-state index contributed by atoms with van der Waals surface area (Å²) in [5.74, 6) is 11.7. The minimum atomic E-state index is 0.122. The van der Waals surface area contributed by atoms with E-state index in [2.05, 4.69) is 29.0 Å². The molecule has 2 N–H and O–H groups in total. The third kappa shape index (κ3) is 4.53. The van der Waals surface area contributed by atoms with Crippen molar-refractivity contribution < 1.29 is 5.11 Å². The van der Waals surface area contributed by atoms with Crippen LogP contribution in [0.25, 0.3) is 0 Å². The van der Waals surface area contributed by atoms with Crippen LogP contribution < -0.4 is 5.32 Å². The summed E-state index contributed by atoms with van der Waals surface area (Å²) in [6, 6.07) is 17.5. The molecule has 2 aromatic carbocycles. The molecule has 0 aliphatic heterocycles. The first-order chi connectivity index (χ1) is 9.88. The van der Waals surface area contributed by atoms with Crippen molar-refractivity contribution in [1.29, 1.82) is 0 Å². The fourth-order valence-electron chi connectivity index (χ4n) is 1.60. The summed E-state index contributed by atoms with van der Waals surface area (Å²) in [6.45, 7) is 0.671. The van der Waals surface area contributed by atoms with Crippen LogP contribution in [0, 0.1) is 23.7 Å². The van der Waals surface area contributed by atoms with Gasteiger partial charge in [0.25, 0.3) is 0 Å². The van der Waals surface area contributed by atoms with Crippen LogP contribution in [0.1, 0.15) is 11.1 Å². The summed E-state index contributed by atoms with van der Waals surface area (Å²) in [4.78, 5) is 0. The molecule has 0 spiro atoms. The number of aliphatic hydroxyl groups is 1. The highest BCUT2D eigenvalue weighted by Crippen LogP contribution is 2.07. The van der Waals surface area contributed by atoms with Crippen LogP contribution in [-0.4, -0.2) is 18.3 Å². The molecule has 0 saturated carbocycles. The Balaban J connectivity index is 1.98. The van der Waals surface area contributed by atoms with Crippen LogP contribution >= 0.6 is 0 Å². The van der Waals surface area contributed by atoms with E-state index < -0.39 is 0 Å². The lowest BCUT2D eigenvalue weighted by Gasteiger charge is -2.02. The first kappa shape index (κ1) is 13.7. The van der Waals surface area contributed by atoms with Gasteiger partial charge in [-0.1, -0.05) is 30.0 Å². The summed E-state index contributed by atoms with van der Waals surface area (Å²) in [5.41, 5.74) is 2.85. The van der Waals surface area contributed by atoms with Crippen molar-refractivity contribution in [3.05, 3.63) is 65.7 Å². The van der Waals surface area contributed by atoms with Gasteiger partial charge in [0.2, 0.25) is 0 Å². The number of benzene rings is 2. The van der Waals surface area contributed by atoms with Crippen LogP contribution in [-0.2, 0) is 0 Å². The molecule has 0 aliphatic rings. The zero-order valence-corrected chi connectivity index (χ0v) is 11.1. The normalized spacial score (nSPS) is 8.85. The predicted molar refractivity (Wildman–Crippen MR) is 82.2 cm³/mol. The number of hydrogen-bond donors (Lipinski definition) is 2. The van der Waals surface area contributed by atoms with E-state index in [0.717, 1.165) is 16.8 Å². The standard InChI is InChI=1S/C18H15NO/c20-15-14-19-18-12-10-17(11-13-18)9-5-4-8-16-6-2-1-3-7-16/h1-3,6-7,10-13,19-20H,14-15H2. The molecule has 0 aliphatic carbocycles. The molecular formula is C18H15NO. The van der Waals surface area contributed by atoms with Gasteiger partial charge in [0, 0.05) is 23.4 Å². The fraction of sp³-hybridized carbons (Fsp3) is 0.111. The molecule has 0 aromatic heterocycles. The van der Waals surface area contributed by atoms with Crippen molar-refractivity contribution in [2.24, 2.45) is 0 Å².